The van der Waals surface area contributed by atoms with Gasteiger partial charge in [-0.2, -0.15) is 0 Å². The van der Waals surface area contributed by atoms with Crippen LogP contribution in [-0.4, -0.2) is 39.9 Å². The molecule has 3 atom stereocenters. The zero-order chi connectivity index (χ0) is 19.1. The summed E-state index contributed by atoms with van der Waals surface area (Å²) in [7, 11) is 0. The highest BCUT2D eigenvalue weighted by atomic mass is 35.5. The van der Waals surface area contributed by atoms with Crippen LogP contribution in [0.5, 0.6) is 0 Å². The quantitative estimate of drug-likeness (QED) is 0.556. The van der Waals surface area contributed by atoms with Crippen LogP contribution in [0.15, 0.2) is 53.7 Å². The number of H-pyrrole nitrogens is 1. The van der Waals surface area contributed by atoms with Gasteiger partial charge in [0, 0.05) is 30.4 Å². The van der Waals surface area contributed by atoms with Crippen molar-refractivity contribution in [3.63, 3.8) is 0 Å². The molecule has 0 spiro atoms. The molecule has 1 saturated heterocycles. The Hall–Kier alpha value is -1.73. The maximum absolute atomic E-state index is 13.2. The fourth-order valence-electron chi connectivity index (χ4n) is 4.64. The fraction of sp³-hybridized carbons (Fsp3) is 0.364. The number of fused-ring (bicyclic) bond motifs is 2. The number of hydrogen-bond donors (Lipinski definition) is 2. The molecule has 3 unspecified atom stereocenters. The minimum absolute atomic E-state index is 0. The van der Waals surface area contributed by atoms with Crippen molar-refractivity contribution in [1.29, 1.82) is 0 Å². The number of amides is 1. The number of halogens is 2. The van der Waals surface area contributed by atoms with E-state index in [0.29, 0.717) is 17.6 Å². The predicted molar refractivity (Wildman–Crippen MR) is 127 cm³/mol. The molecule has 3 aromatic rings. The van der Waals surface area contributed by atoms with E-state index in [4.69, 9.17) is 5.73 Å². The summed E-state index contributed by atoms with van der Waals surface area (Å²) in [6.07, 6.45) is 2.25. The molecule has 5 nitrogen and oxygen atoms in total. The van der Waals surface area contributed by atoms with Crippen molar-refractivity contribution in [2.24, 2.45) is 17.6 Å². The molecule has 1 saturated carbocycles. The molecule has 2 heterocycles. The Bertz CT molecular complexity index is 994. The Balaban J connectivity index is 0.00000128. The number of carbonyl (C=O) groups excluding carboxylic acids is 1. The molecule has 160 valence electrons. The number of nitrogens with two attached hydrogens (primary N) is 1. The summed E-state index contributed by atoms with van der Waals surface area (Å²) in [6.45, 7) is 1.65. The Kier molecular flexibility index (Phi) is 7.34. The molecule has 1 aromatic heterocycles. The van der Waals surface area contributed by atoms with Crippen LogP contribution >= 0.6 is 36.6 Å². The number of imidazole rings is 1. The van der Waals surface area contributed by atoms with Crippen LogP contribution in [0.3, 0.4) is 0 Å². The van der Waals surface area contributed by atoms with E-state index >= 15 is 0 Å². The maximum Gasteiger partial charge on any atom is 0.254 e. The van der Waals surface area contributed by atoms with Gasteiger partial charge in [0.1, 0.15) is 0 Å². The number of thioether (sulfide) groups is 1. The van der Waals surface area contributed by atoms with Crippen molar-refractivity contribution in [1.82, 2.24) is 14.9 Å². The molecule has 8 heteroatoms. The number of hydrogen-bond acceptors (Lipinski definition) is 4. The molecule has 1 aliphatic carbocycles. The third-order valence-electron chi connectivity index (χ3n) is 6.18. The molecule has 1 amide bonds. The van der Waals surface area contributed by atoms with Gasteiger partial charge in [0.2, 0.25) is 0 Å². The molecule has 2 aliphatic rings. The van der Waals surface area contributed by atoms with Crippen molar-refractivity contribution in [3.05, 3.63) is 59.7 Å². The third kappa shape index (κ3) is 4.33. The number of nitrogens with zero attached hydrogens (tertiary/aromatic N) is 2. The lowest BCUT2D eigenvalue weighted by molar-refractivity contribution is 0.0779. The van der Waals surface area contributed by atoms with E-state index in [1.807, 2.05) is 53.4 Å². The molecule has 30 heavy (non-hydrogen) atoms. The van der Waals surface area contributed by atoms with Gasteiger partial charge in [-0.25, -0.2) is 4.98 Å². The summed E-state index contributed by atoms with van der Waals surface area (Å²) in [5.41, 5.74) is 10.1. The Morgan fingerprint density at radius 2 is 1.87 bits per heavy atom. The fourth-order valence-corrected chi connectivity index (χ4v) is 5.53. The molecular formula is C22H26Cl2N4OS. The summed E-state index contributed by atoms with van der Waals surface area (Å²) in [6, 6.07) is 16.2. The largest absolute Gasteiger partial charge is 0.338 e. The van der Waals surface area contributed by atoms with E-state index in [-0.39, 0.29) is 36.8 Å². The minimum Gasteiger partial charge on any atom is -0.338 e. The summed E-state index contributed by atoms with van der Waals surface area (Å²) < 4.78 is 0. The van der Waals surface area contributed by atoms with E-state index in [0.717, 1.165) is 53.2 Å². The van der Waals surface area contributed by atoms with Crippen molar-refractivity contribution in [3.8, 4) is 0 Å². The topological polar surface area (TPSA) is 75.0 Å². The van der Waals surface area contributed by atoms with Gasteiger partial charge in [-0.15, -0.1) is 24.8 Å². The van der Waals surface area contributed by atoms with Crippen LogP contribution in [-0.2, 0) is 5.75 Å². The Morgan fingerprint density at radius 1 is 1.10 bits per heavy atom. The zero-order valence-corrected chi connectivity index (χ0v) is 18.9. The van der Waals surface area contributed by atoms with Crippen LogP contribution in [0, 0.1) is 11.8 Å². The standard InChI is InChI=1S/C22H24N4OS.2ClH/c23-18-10-9-14-11-26(12-17(14)18)21(27)16-6-2-1-5-15(16)13-28-22-24-19-7-3-4-8-20(19)25-22;;/h1-8,14,17-18H,9-13,23H2,(H,24,25);2*1H. The summed E-state index contributed by atoms with van der Waals surface area (Å²) >= 11 is 1.63. The monoisotopic (exact) mass is 464 g/mol. The lowest BCUT2D eigenvalue weighted by Crippen LogP contribution is -2.33. The summed E-state index contributed by atoms with van der Waals surface area (Å²) in [5, 5.41) is 0.880. The average Bonchev–Trinajstić information content (AvgIpc) is 3.41. The molecule has 0 radical (unpaired) electrons. The van der Waals surface area contributed by atoms with Gasteiger partial charge < -0.3 is 15.6 Å². The lowest BCUT2D eigenvalue weighted by Gasteiger charge is -2.20. The molecule has 2 aromatic carbocycles. The number of benzene rings is 2. The van der Waals surface area contributed by atoms with Crippen LogP contribution < -0.4 is 5.73 Å². The molecule has 1 aliphatic heterocycles. The van der Waals surface area contributed by atoms with Crippen LogP contribution in [0.4, 0.5) is 0 Å². The Labute approximate surface area is 193 Å². The third-order valence-corrected chi connectivity index (χ3v) is 7.10. The van der Waals surface area contributed by atoms with Gasteiger partial charge in [-0.3, -0.25) is 4.79 Å². The number of para-hydroxylation sites is 2. The summed E-state index contributed by atoms with van der Waals surface area (Å²) in [5.74, 6) is 1.90. The smallest absolute Gasteiger partial charge is 0.254 e. The van der Waals surface area contributed by atoms with E-state index in [2.05, 4.69) is 9.97 Å². The van der Waals surface area contributed by atoms with Crippen molar-refractivity contribution < 1.29 is 4.79 Å². The second kappa shape index (κ2) is 9.60. The normalized spacial score (nSPS) is 22.4. The van der Waals surface area contributed by atoms with Crippen molar-refractivity contribution >= 4 is 53.5 Å². The van der Waals surface area contributed by atoms with Gasteiger partial charge in [-0.1, -0.05) is 42.1 Å². The zero-order valence-electron chi connectivity index (χ0n) is 16.5. The van der Waals surface area contributed by atoms with Crippen LogP contribution in [0.2, 0.25) is 0 Å². The van der Waals surface area contributed by atoms with Gasteiger partial charge in [0.05, 0.1) is 11.0 Å². The maximum atomic E-state index is 13.2. The first-order valence-electron chi connectivity index (χ1n) is 9.89. The molecule has 0 bridgehead atoms. The second-order valence-electron chi connectivity index (χ2n) is 7.88. The highest BCUT2D eigenvalue weighted by Gasteiger charge is 2.42. The first-order chi connectivity index (χ1) is 13.7. The van der Waals surface area contributed by atoms with Gasteiger partial charge in [-0.05, 0) is 48.4 Å². The highest BCUT2D eigenvalue weighted by molar-refractivity contribution is 7.98. The van der Waals surface area contributed by atoms with Crippen molar-refractivity contribution in [2.75, 3.05) is 13.1 Å². The molecule has 5 rings (SSSR count). The van der Waals surface area contributed by atoms with Gasteiger partial charge in [0.15, 0.2) is 5.16 Å². The van der Waals surface area contributed by atoms with E-state index < -0.39 is 0 Å². The molecule has 3 N–H and O–H groups in total. The van der Waals surface area contributed by atoms with Crippen LogP contribution in [0.1, 0.15) is 28.8 Å². The van der Waals surface area contributed by atoms with Gasteiger partial charge in [0.25, 0.3) is 5.91 Å². The first-order valence-corrected chi connectivity index (χ1v) is 10.9. The number of likely N-dealkylation sites (tertiary alicyclic amines) is 1. The molecular weight excluding hydrogens is 439 g/mol. The Morgan fingerprint density at radius 3 is 2.67 bits per heavy atom. The number of aromatic nitrogens is 2. The predicted octanol–water partition coefficient (Wildman–Crippen LogP) is 4.51. The SMILES string of the molecule is Cl.Cl.NC1CCC2CN(C(=O)c3ccccc3CSc3nc4ccccc4[nH]3)CC12. The molecule has 2 fully saturated rings. The highest BCUT2D eigenvalue weighted by Crippen LogP contribution is 2.38. The summed E-state index contributed by atoms with van der Waals surface area (Å²) in [4.78, 5) is 23.2. The number of aromatic amines is 1. The number of rotatable bonds is 4. The second-order valence-corrected chi connectivity index (χ2v) is 8.84. The lowest BCUT2D eigenvalue weighted by atomic mass is 9.98. The number of carbonyl (C=O) groups is 1. The van der Waals surface area contributed by atoms with E-state index in [1.165, 1.54) is 0 Å². The first kappa shape index (κ1) is 22.9. The van der Waals surface area contributed by atoms with E-state index in [1.54, 1.807) is 11.8 Å². The van der Waals surface area contributed by atoms with Crippen LogP contribution in [0.25, 0.3) is 11.0 Å². The number of nitrogens with one attached hydrogen (secondary N) is 1. The average molecular weight is 465 g/mol. The van der Waals surface area contributed by atoms with E-state index in [9.17, 15) is 4.79 Å². The van der Waals surface area contributed by atoms with Crippen molar-refractivity contribution in [2.45, 2.75) is 29.8 Å². The van der Waals surface area contributed by atoms with Gasteiger partial charge >= 0.3 is 0 Å². The minimum atomic E-state index is 0.